The first-order chi connectivity index (χ1) is 9.94. The number of alkyl halides is 3. The maximum atomic E-state index is 12.8. The predicted octanol–water partition coefficient (Wildman–Crippen LogP) is 3.41. The highest BCUT2D eigenvalue weighted by molar-refractivity contribution is 5.53. The van der Waals surface area contributed by atoms with Crippen LogP contribution in [0.3, 0.4) is 0 Å². The first-order valence-corrected chi connectivity index (χ1v) is 6.30. The molecule has 1 heterocycles. The van der Waals surface area contributed by atoms with Crippen LogP contribution < -0.4 is 5.32 Å². The van der Waals surface area contributed by atoms with Gasteiger partial charge in [-0.2, -0.15) is 23.5 Å². The number of nitriles is 1. The zero-order valence-corrected chi connectivity index (χ0v) is 11.3. The highest BCUT2D eigenvalue weighted by atomic mass is 19.4. The number of nitrogens with zero attached hydrogens (tertiary/aromatic N) is 3. The molecule has 0 aliphatic rings. The molecule has 4 nitrogen and oxygen atoms in total. The standard InChI is InChI=1S/C14H13F3N4/c1-2-21-9-10(8-20-21)7-19-12-4-3-11(6-18)13(5-12)14(15,16)17/h3-5,8-9,19H,2,7H2,1H3. The van der Waals surface area contributed by atoms with Crippen molar-refractivity contribution in [3.05, 3.63) is 47.3 Å². The van der Waals surface area contributed by atoms with Crippen molar-refractivity contribution in [3.8, 4) is 6.07 Å². The second-order valence-corrected chi connectivity index (χ2v) is 4.43. The van der Waals surface area contributed by atoms with Gasteiger partial charge in [0.2, 0.25) is 0 Å². The lowest BCUT2D eigenvalue weighted by Gasteiger charge is -2.11. The summed E-state index contributed by atoms with van der Waals surface area (Å²) in [5, 5.41) is 15.7. The van der Waals surface area contributed by atoms with Crippen LogP contribution in [0.2, 0.25) is 0 Å². The van der Waals surface area contributed by atoms with E-state index in [2.05, 4.69) is 10.4 Å². The van der Waals surface area contributed by atoms with E-state index in [0.717, 1.165) is 18.2 Å². The van der Waals surface area contributed by atoms with Crippen molar-refractivity contribution < 1.29 is 13.2 Å². The van der Waals surface area contributed by atoms with Crippen LogP contribution in [0.1, 0.15) is 23.6 Å². The molecule has 0 aliphatic heterocycles. The third kappa shape index (κ3) is 3.54. The predicted molar refractivity (Wildman–Crippen MR) is 71.4 cm³/mol. The average molecular weight is 294 g/mol. The van der Waals surface area contributed by atoms with E-state index in [1.807, 2.05) is 13.1 Å². The van der Waals surface area contributed by atoms with Gasteiger partial charge in [0, 0.05) is 30.5 Å². The smallest absolute Gasteiger partial charge is 0.381 e. The minimum Gasteiger partial charge on any atom is -0.381 e. The van der Waals surface area contributed by atoms with Crippen LogP contribution in [0.25, 0.3) is 0 Å². The van der Waals surface area contributed by atoms with Crippen LogP contribution in [-0.4, -0.2) is 9.78 Å². The van der Waals surface area contributed by atoms with E-state index in [1.54, 1.807) is 16.9 Å². The van der Waals surface area contributed by atoms with Crippen LogP contribution in [0.4, 0.5) is 18.9 Å². The van der Waals surface area contributed by atoms with Crippen LogP contribution >= 0.6 is 0 Å². The first-order valence-electron chi connectivity index (χ1n) is 6.30. The fourth-order valence-electron chi connectivity index (χ4n) is 1.86. The van der Waals surface area contributed by atoms with Crippen LogP contribution in [0.15, 0.2) is 30.6 Å². The molecule has 1 aromatic heterocycles. The number of hydrogen-bond donors (Lipinski definition) is 1. The fourth-order valence-corrected chi connectivity index (χ4v) is 1.86. The Kier molecular flexibility index (Phi) is 4.17. The second kappa shape index (κ2) is 5.87. The lowest BCUT2D eigenvalue weighted by Crippen LogP contribution is -2.09. The number of hydrogen-bond acceptors (Lipinski definition) is 3. The molecule has 2 rings (SSSR count). The van der Waals surface area contributed by atoms with E-state index in [4.69, 9.17) is 5.26 Å². The molecule has 1 aromatic carbocycles. The largest absolute Gasteiger partial charge is 0.417 e. The SMILES string of the molecule is CCn1cc(CNc2ccc(C#N)c(C(F)(F)F)c2)cn1. The summed E-state index contributed by atoms with van der Waals surface area (Å²) in [5.41, 5.74) is -0.133. The van der Waals surface area contributed by atoms with Crippen molar-refractivity contribution in [3.63, 3.8) is 0 Å². The molecule has 0 aliphatic carbocycles. The van der Waals surface area contributed by atoms with Gasteiger partial charge in [0.15, 0.2) is 0 Å². The zero-order valence-electron chi connectivity index (χ0n) is 11.3. The number of nitrogens with one attached hydrogen (secondary N) is 1. The lowest BCUT2D eigenvalue weighted by molar-refractivity contribution is -0.137. The third-order valence-corrected chi connectivity index (χ3v) is 2.95. The summed E-state index contributed by atoms with van der Waals surface area (Å²) in [6, 6.07) is 5.12. The number of anilines is 1. The summed E-state index contributed by atoms with van der Waals surface area (Å²) in [6.07, 6.45) is -1.07. The Morgan fingerprint density at radius 2 is 2.14 bits per heavy atom. The molecule has 2 aromatic rings. The minimum atomic E-state index is -4.55. The van der Waals surface area contributed by atoms with Gasteiger partial charge in [0.1, 0.15) is 0 Å². The number of aryl methyl sites for hydroxylation is 1. The first kappa shape index (κ1) is 14.9. The molecule has 0 fully saturated rings. The normalized spacial score (nSPS) is 11.2. The van der Waals surface area contributed by atoms with E-state index in [9.17, 15) is 13.2 Å². The summed E-state index contributed by atoms with van der Waals surface area (Å²) in [4.78, 5) is 0. The maximum absolute atomic E-state index is 12.8. The summed E-state index contributed by atoms with van der Waals surface area (Å²) in [7, 11) is 0. The van der Waals surface area contributed by atoms with Crippen molar-refractivity contribution in [2.24, 2.45) is 0 Å². The molecule has 0 unspecified atom stereocenters. The molecule has 7 heteroatoms. The Hall–Kier alpha value is -2.49. The van der Waals surface area contributed by atoms with Crippen molar-refractivity contribution in [1.82, 2.24) is 9.78 Å². The number of rotatable bonds is 4. The molecule has 0 saturated carbocycles. The van der Waals surface area contributed by atoms with E-state index in [1.165, 1.54) is 12.1 Å². The quantitative estimate of drug-likeness (QED) is 0.940. The molecule has 0 bridgehead atoms. The number of aromatic nitrogens is 2. The van der Waals surface area contributed by atoms with Crippen LogP contribution in [-0.2, 0) is 19.3 Å². The highest BCUT2D eigenvalue weighted by Gasteiger charge is 2.33. The Balaban J connectivity index is 2.16. The van der Waals surface area contributed by atoms with Gasteiger partial charge in [0.05, 0.1) is 23.4 Å². The minimum absolute atomic E-state index is 0.311. The van der Waals surface area contributed by atoms with Crippen LogP contribution in [0, 0.1) is 11.3 Å². The van der Waals surface area contributed by atoms with Crippen LogP contribution in [0.5, 0.6) is 0 Å². The summed E-state index contributed by atoms with van der Waals surface area (Å²) in [6.45, 7) is 3.04. The van der Waals surface area contributed by atoms with Gasteiger partial charge in [-0.05, 0) is 25.1 Å². The third-order valence-electron chi connectivity index (χ3n) is 2.95. The van der Waals surface area contributed by atoms with Gasteiger partial charge in [0.25, 0.3) is 0 Å². The van der Waals surface area contributed by atoms with Gasteiger partial charge in [-0.25, -0.2) is 0 Å². The van der Waals surface area contributed by atoms with Gasteiger partial charge in [-0.15, -0.1) is 0 Å². The molecule has 0 atom stereocenters. The Bertz CT molecular complexity index is 668. The zero-order chi connectivity index (χ0) is 15.5. The maximum Gasteiger partial charge on any atom is 0.417 e. The molecule has 0 saturated heterocycles. The highest BCUT2D eigenvalue weighted by Crippen LogP contribution is 2.33. The van der Waals surface area contributed by atoms with E-state index >= 15 is 0 Å². The second-order valence-electron chi connectivity index (χ2n) is 4.43. The molecule has 0 radical (unpaired) electrons. The summed E-state index contributed by atoms with van der Waals surface area (Å²) >= 11 is 0. The monoisotopic (exact) mass is 294 g/mol. The Morgan fingerprint density at radius 1 is 1.38 bits per heavy atom. The summed E-state index contributed by atoms with van der Waals surface area (Å²) < 4.78 is 40.2. The van der Waals surface area contributed by atoms with E-state index < -0.39 is 11.7 Å². The Morgan fingerprint density at radius 3 is 2.71 bits per heavy atom. The molecule has 110 valence electrons. The molecule has 21 heavy (non-hydrogen) atoms. The molecule has 1 N–H and O–H groups in total. The number of benzene rings is 1. The molecule has 0 spiro atoms. The van der Waals surface area contributed by atoms with Gasteiger partial charge in [-0.1, -0.05) is 0 Å². The topological polar surface area (TPSA) is 53.6 Å². The van der Waals surface area contributed by atoms with Crippen molar-refractivity contribution in [2.45, 2.75) is 26.2 Å². The van der Waals surface area contributed by atoms with Crippen molar-refractivity contribution in [1.29, 1.82) is 5.26 Å². The van der Waals surface area contributed by atoms with E-state index in [-0.39, 0.29) is 5.56 Å². The van der Waals surface area contributed by atoms with E-state index in [0.29, 0.717) is 12.2 Å². The van der Waals surface area contributed by atoms with Gasteiger partial charge >= 0.3 is 6.18 Å². The Labute approximate surface area is 119 Å². The molecular weight excluding hydrogens is 281 g/mol. The average Bonchev–Trinajstić information content (AvgIpc) is 2.92. The lowest BCUT2D eigenvalue weighted by atomic mass is 10.1. The van der Waals surface area contributed by atoms with Gasteiger partial charge < -0.3 is 5.32 Å². The number of halogens is 3. The van der Waals surface area contributed by atoms with Gasteiger partial charge in [-0.3, -0.25) is 4.68 Å². The molecule has 0 amide bonds. The van der Waals surface area contributed by atoms with Crippen molar-refractivity contribution in [2.75, 3.05) is 5.32 Å². The molecular formula is C14H13F3N4. The summed E-state index contributed by atoms with van der Waals surface area (Å²) in [5.74, 6) is 0. The van der Waals surface area contributed by atoms with Crippen molar-refractivity contribution >= 4 is 5.69 Å². The fraction of sp³-hybridized carbons (Fsp3) is 0.286.